The highest BCUT2D eigenvalue weighted by Crippen LogP contribution is 2.32. The molecule has 0 aliphatic heterocycles. The average Bonchev–Trinajstić information content (AvgIpc) is 2.11. The van der Waals surface area contributed by atoms with Crippen LogP contribution in [0.25, 0.3) is 0 Å². The van der Waals surface area contributed by atoms with Crippen molar-refractivity contribution in [1.29, 1.82) is 0 Å². The van der Waals surface area contributed by atoms with E-state index in [9.17, 15) is 5.11 Å². The van der Waals surface area contributed by atoms with Gasteiger partial charge in [-0.1, -0.05) is 6.92 Å². The molecule has 1 aliphatic carbocycles. The SMILES string of the molecule is COC(C)CC1CC(C)CCC1O. The zero-order valence-corrected chi connectivity index (χ0v) is 8.99. The lowest BCUT2D eigenvalue weighted by molar-refractivity contribution is 0.0116. The summed E-state index contributed by atoms with van der Waals surface area (Å²) >= 11 is 0. The Balaban J connectivity index is 2.37. The average molecular weight is 186 g/mol. The van der Waals surface area contributed by atoms with Gasteiger partial charge in [0.15, 0.2) is 0 Å². The Morgan fingerprint density at radius 3 is 2.77 bits per heavy atom. The molecular formula is C11H22O2. The summed E-state index contributed by atoms with van der Waals surface area (Å²) in [6.45, 7) is 4.35. The molecule has 1 saturated carbocycles. The van der Waals surface area contributed by atoms with Gasteiger partial charge in [-0.05, 0) is 44.4 Å². The van der Waals surface area contributed by atoms with Gasteiger partial charge in [0.25, 0.3) is 0 Å². The van der Waals surface area contributed by atoms with Crippen molar-refractivity contribution < 1.29 is 9.84 Å². The maximum absolute atomic E-state index is 9.78. The van der Waals surface area contributed by atoms with E-state index in [0.717, 1.165) is 25.2 Å². The van der Waals surface area contributed by atoms with E-state index in [0.29, 0.717) is 5.92 Å². The van der Waals surface area contributed by atoms with E-state index in [1.165, 1.54) is 6.42 Å². The van der Waals surface area contributed by atoms with E-state index >= 15 is 0 Å². The third kappa shape index (κ3) is 3.28. The van der Waals surface area contributed by atoms with E-state index < -0.39 is 0 Å². The molecule has 2 nitrogen and oxygen atoms in total. The summed E-state index contributed by atoms with van der Waals surface area (Å²) in [6.07, 6.45) is 4.51. The van der Waals surface area contributed by atoms with Gasteiger partial charge in [-0.25, -0.2) is 0 Å². The van der Waals surface area contributed by atoms with Crippen molar-refractivity contribution >= 4 is 0 Å². The van der Waals surface area contributed by atoms with Crippen LogP contribution in [0.3, 0.4) is 0 Å². The summed E-state index contributed by atoms with van der Waals surface area (Å²) in [5, 5.41) is 9.78. The highest BCUT2D eigenvalue weighted by molar-refractivity contribution is 4.79. The van der Waals surface area contributed by atoms with Crippen molar-refractivity contribution in [2.75, 3.05) is 7.11 Å². The molecule has 0 radical (unpaired) electrons. The fourth-order valence-electron chi connectivity index (χ4n) is 2.26. The number of hydrogen-bond acceptors (Lipinski definition) is 2. The molecule has 13 heavy (non-hydrogen) atoms. The molecule has 0 amide bonds. The summed E-state index contributed by atoms with van der Waals surface area (Å²) in [7, 11) is 1.74. The largest absolute Gasteiger partial charge is 0.393 e. The predicted octanol–water partition coefficient (Wildman–Crippen LogP) is 2.21. The summed E-state index contributed by atoms with van der Waals surface area (Å²) in [4.78, 5) is 0. The van der Waals surface area contributed by atoms with Crippen molar-refractivity contribution in [3.63, 3.8) is 0 Å². The van der Waals surface area contributed by atoms with Crippen LogP contribution in [0, 0.1) is 11.8 Å². The van der Waals surface area contributed by atoms with E-state index in [4.69, 9.17) is 4.74 Å². The smallest absolute Gasteiger partial charge is 0.0569 e. The minimum Gasteiger partial charge on any atom is -0.393 e. The lowest BCUT2D eigenvalue weighted by atomic mass is 9.78. The minimum absolute atomic E-state index is 0.0891. The van der Waals surface area contributed by atoms with Crippen LogP contribution in [0.2, 0.25) is 0 Å². The lowest BCUT2D eigenvalue weighted by Gasteiger charge is -2.32. The summed E-state index contributed by atoms with van der Waals surface area (Å²) < 4.78 is 5.23. The monoisotopic (exact) mass is 186 g/mol. The van der Waals surface area contributed by atoms with Gasteiger partial charge in [-0.3, -0.25) is 0 Å². The second-order valence-corrected chi connectivity index (χ2v) is 4.53. The lowest BCUT2D eigenvalue weighted by Crippen LogP contribution is -2.30. The van der Waals surface area contributed by atoms with Crippen LogP contribution in [-0.4, -0.2) is 24.4 Å². The molecule has 0 saturated heterocycles. The molecule has 4 unspecified atom stereocenters. The highest BCUT2D eigenvalue weighted by Gasteiger charge is 2.27. The first-order valence-corrected chi connectivity index (χ1v) is 5.34. The van der Waals surface area contributed by atoms with Gasteiger partial charge in [0.2, 0.25) is 0 Å². The first kappa shape index (κ1) is 11.0. The maximum atomic E-state index is 9.78. The van der Waals surface area contributed by atoms with Gasteiger partial charge < -0.3 is 9.84 Å². The molecule has 1 fully saturated rings. The fourth-order valence-corrected chi connectivity index (χ4v) is 2.26. The number of hydrogen-bond donors (Lipinski definition) is 1. The standard InChI is InChI=1S/C11H22O2/c1-8-4-5-11(12)10(6-8)7-9(2)13-3/h8-12H,4-7H2,1-3H3. The zero-order valence-electron chi connectivity index (χ0n) is 8.99. The third-order valence-electron chi connectivity index (χ3n) is 3.24. The second kappa shape index (κ2) is 4.97. The van der Waals surface area contributed by atoms with Gasteiger partial charge in [0.05, 0.1) is 12.2 Å². The van der Waals surface area contributed by atoms with E-state index in [1.54, 1.807) is 7.11 Å². The predicted molar refractivity (Wildman–Crippen MR) is 53.6 cm³/mol. The summed E-state index contributed by atoms with van der Waals surface area (Å²) in [6, 6.07) is 0. The Labute approximate surface area is 81.3 Å². The molecule has 78 valence electrons. The normalized spacial score (nSPS) is 37.4. The van der Waals surface area contributed by atoms with Crippen LogP contribution in [0.4, 0.5) is 0 Å². The first-order valence-electron chi connectivity index (χ1n) is 5.34. The van der Waals surface area contributed by atoms with Crippen LogP contribution in [-0.2, 0) is 4.74 Å². The summed E-state index contributed by atoms with van der Waals surface area (Å²) in [5.74, 6) is 1.23. The van der Waals surface area contributed by atoms with Crippen molar-refractivity contribution in [1.82, 2.24) is 0 Å². The van der Waals surface area contributed by atoms with Crippen molar-refractivity contribution in [2.24, 2.45) is 11.8 Å². The molecule has 4 atom stereocenters. The molecule has 0 aromatic heterocycles. The third-order valence-corrected chi connectivity index (χ3v) is 3.24. The van der Waals surface area contributed by atoms with Crippen LogP contribution >= 0.6 is 0 Å². The number of ether oxygens (including phenoxy) is 1. The van der Waals surface area contributed by atoms with Gasteiger partial charge >= 0.3 is 0 Å². The molecular weight excluding hydrogens is 164 g/mol. The van der Waals surface area contributed by atoms with Gasteiger partial charge in [0, 0.05) is 7.11 Å². The molecule has 1 N–H and O–H groups in total. The van der Waals surface area contributed by atoms with Crippen LogP contribution in [0.5, 0.6) is 0 Å². The number of aliphatic hydroxyl groups is 1. The van der Waals surface area contributed by atoms with Gasteiger partial charge in [-0.15, -0.1) is 0 Å². The van der Waals surface area contributed by atoms with Crippen LogP contribution in [0.1, 0.15) is 39.5 Å². The van der Waals surface area contributed by atoms with Gasteiger partial charge in [-0.2, -0.15) is 0 Å². The van der Waals surface area contributed by atoms with Crippen molar-refractivity contribution in [3.05, 3.63) is 0 Å². The first-order chi connectivity index (χ1) is 6.13. The molecule has 0 aromatic carbocycles. The number of methoxy groups -OCH3 is 1. The Kier molecular flexibility index (Phi) is 4.20. The number of rotatable bonds is 3. The topological polar surface area (TPSA) is 29.5 Å². The molecule has 0 aromatic rings. The Bertz CT molecular complexity index is 147. The number of aliphatic hydroxyl groups excluding tert-OH is 1. The maximum Gasteiger partial charge on any atom is 0.0569 e. The second-order valence-electron chi connectivity index (χ2n) is 4.53. The Morgan fingerprint density at radius 2 is 2.15 bits per heavy atom. The van der Waals surface area contributed by atoms with Crippen molar-refractivity contribution in [3.8, 4) is 0 Å². The molecule has 1 rings (SSSR count). The van der Waals surface area contributed by atoms with Crippen LogP contribution < -0.4 is 0 Å². The van der Waals surface area contributed by atoms with Crippen LogP contribution in [0.15, 0.2) is 0 Å². The van der Waals surface area contributed by atoms with E-state index in [-0.39, 0.29) is 12.2 Å². The zero-order chi connectivity index (χ0) is 9.84. The molecule has 2 heteroatoms. The van der Waals surface area contributed by atoms with Crippen molar-refractivity contribution in [2.45, 2.75) is 51.7 Å². The summed E-state index contributed by atoms with van der Waals surface area (Å²) in [5.41, 5.74) is 0. The molecule has 0 heterocycles. The Morgan fingerprint density at radius 1 is 1.46 bits per heavy atom. The van der Waals surface area contributed by atoms with E-state index in [1.807, 2.05) is 0 Å². The fraction of sp³-hybridized carbons (Fsp3) is 1.00. The minimum atomic E-state index is -0.0891. The molecule has 1 aliphatic rings. The highest BCUT2D eigenvalue weighted by atomic mass is 16.5. The van der Waals surface area contributed by atoms with Gasteiger partial charge in [0.1, 0.15) is 0 Å². The van der Waals surface area contributed by atoms with E-state index in [2.05, 4.69) is 13.8 Å². The Hall–Kier alpha value is -0.0800. The molecule has 0 bridgehead atoms. The molecule has 0 spiro atoms. The quantitative estimate of drug-likeness (QED) is 0.732.